The van der Waals surface area contributed by atoms with Crippen molar-refractivity contribution in [3.8, 4) is 11.6 Å². The molecule has 3 rings (SSSR count). The van der Waals surface area contributed by atoms with Crippen LogP contribution in [0.5, 0.6) is 11.6 Å². The van der Waals surface area contributed by atoms with E-state index in [0.717, 1.165) is 11.0 Å². The predicted molar refractivity (Wildman–Crippen MR) is 98.6 cm³/mol. The molecule has 1 aliphatic rings. The number of nitrogens with one attached hydrogen (secondary N) is 1. The summed E-state index contributed by atoms with van der Waals surface area (Å²) in [6, 6.07) is 6.53. The summed E-state index contributed by atoms with van der Waals surface area (Å²) in [4.78, 5) is 39.7. The molecule has 13 heteroatoms. The van der Waals surface area contributed by atoms with Crippen LogP contribution in [0.4, 0.5) is 24.5 Å². The first-order chi connectivity index (χ1) is 14.6. The van der Waals surface area contributed by atoms with Crippen LogP contribution in [-0.4, -0.2) is 47.7 Å². The largest absolute Gasteiger partial charge is 0.482 e. The number of nitro benzene ring substituents is 1. The molecule has 1 aliphatic heterocycles. The first-order valence-corrected chi connectivity index (χ1v) is 8.76. The molecule has 0 radical (unpaired) electrons. The number of nitro groups is 1. The minimum atomic E-state index is -4.55. The monoisotopic (exact) mass is 440 g/mol. The molecule has 2 amide bonds. The Labute approximate surface area is 172 Å². The molecule has 0 unspecified atom stereocenters. The van der Waals surface area contributed by atoms with E-state index in [0.29, 0.717) is 0 Å². The maximum absolute atomic E-state index is 12.4. The molecule has 2 aromatic rings. The molecule has 164 valence electrons. The number of benzene rings is 1. The molecule has 0 saturated carbocycles. The van der Waals surface area contributed by atoms with E-state index in [1.807, 2.05) is 0 Å². The van der Waals surface area contributed by atoms with Crippen molar-refractivity contribution in [3.05, 3.63) is 52.2 Å². The normalized spacial score (nSPS) is 13.3. The number of amides is 2. The number of hydrogen-bond acceptors (Lipinski definition) is 7. The number of carbonyl (C=O) groups excluding carboxylic acids is 2. The van der Waals surface area contributed by atoms with Crippen LogP contribution in [0.25, 0.3) is 0 Å². The minimum Gasteiger partial charge on any atom is -0.482 e. The Hall–Kier alpha value is -3.90. The van der Waals surface area contributed by atoms with E-state index in [9.17, 15) is 32.9 Å². The van der Waals surface area contributed by atoms with E-state index in [1.54, 1.807) is 0 Å². The quantitative estimate of drug-likeness (QED) is 0.516. The number of rotatable bonds is 7. The fraction of sp³-hybridized carbons (Fsp3) is 0.278. The highest BCUT2D eigenvalue weighted by Crippen LogP contribution is 2.35. The van der Waals surface area contributed by atoms with Gasteiger partial charge in [-0.1, -0.05) is 6.07 Å². The highest BCUT2D eigenvalue weighted by Gasteiger charge is 2.30. The van der Waals surface area contributed by atoms with E-state index in [2.05, 4.69) is 15.0 Å². The number of nitrogens with zero attached hydrogens (tertiary/aromatic N) is 3. The van der Waals surface area contributed by atoms with Gasteiger partial charge in [-0.3, -0.25) is 24.6 Å². The molecule has 0 spiro atoms. The molecule has 31 heavy (non-hydrogen) atoms. The molecule has 0 bridgehead atoms. The van der Waals surface area contributed by atoms with Gasteiger partial charge >= 0.3 is 6.18 Å². The Morgan fingerprint density at radius 3 is 2.84 bits per heavy atom. The van der Waals surface area contributed by atoms with Crippen molar-refractivity contribution < 1.29 is 37.2 Å². The zero-order valence-corrected chi connectivity index (χ0v) is 15.7. The Kier molecular flexibility index (Phi) is 6.22. The third-order valence-corrected chi connectivity index (χ3v) is 4.10. The summed E-state index contributed by atoms with van der Waals surface area (Å²) < 4.78 is 47.0. The Morgan fingerprint density at radius 1 is 1.35 bits per heavy atom. The van der Waals surface area contributed by atoms with Crippen LogP contribution in [-0.2, 0) is 16.1 Å². The molecule has 0 aliphatic carbocycles. The standard InChI is InChI=1S/C18H15F3N4O6/c19-18(20,21)10-31-17-11(2-1-5-22-17)7-23-15(26)8-24-13-6-12(25(28)29)3-4-14(13)30-9-16(24)27/h1-6H,7-10H2,(H,23,26). The van der Waals surface area contributed by atoms with Gasteiger partial charge in [0.05, 0.1) is 10.6 Å². The smallest absolute Gasteiger partial charge is 0.422 e. The fourth-order valence-electron chi connectivity index (χ4n) is 2.71. The maximum Gasteiger partial charge on any atom is 0.422 e. The molecule has 0 fully saturated rings. The van der Waals surface area contributed by atoms with E-state index < -0.39 is 36.1 Å². The third kappa shape index (κ3) is 5.58. The van der Waals surface area contributed by atoms with Gasteiger partial charge in [-0.05, 0) is 12.1 Å². The molecule has 2 heterocycles. The second kappa shape index (κ2) is 8.85. The molecule has 1 N–H and O–H groups in total. The lowest BCUT2D eigenvalue weighted by Gasteiger charge is -2.28. The van der Waals surface area contributed by atoms with Gasteiger partial charge in [0.2, 0.25) is 11.8 Å². The van der Waals surface area contributed by atoms with Gasteiger partial charge in [-0.15, -0.1) is 0 Å². The highest BCUT2D eigenvalue weighted by atomic mass is 19.4. The van der Waals surface area contributed by atoms with Crippen molar-refractivity contribution in [2.45, 2.75) is 12.7 Å². The van der Waals surface area contributed by atoms with E-state index in [-0.39, 0.29) is 41.7 Å². The number of carbonyl (C=O) groups is 2. The Morgan fingerprint density at radius 2 is 2.13 bits per heavy atom. The number of ether oxygens (including phenoxy) is 2. The van der Waals surface area contributed by atoms with Gasteiger partial charge < -0.3 is 14.8 Å². The van der Waals surface area contributed by atoms with Gasteiger partial charge in [-0.25, -0.2) is 4.98 Å². The average molecular weight is 440 g/mol. The lowest BCUT2D eigenvalue weighted by molar-refractivity contribution is -0.384. The van der Waals surface area contributed by atoms with Crippen LogP contribution in [0.15, 0.2) is 36.5 Å². The van der Waals surface area contributed by atoms with Crippen molar-refractivity contribution in [1.82, 2.24) is 10.3 Å². The number of non-ortho nitro benzene ring substituents is 1. The van der Waals surface area contributed by atoms with Crippen molar-refractivity contribution in [2.75, 3.05) is 24.7 Å². The summed E-state index contributed by atoms with van der Waals surface area (Å²) in [7, 11) is 0. The lowest BCUT2D eigenvalue weighted by Crippen LogP contribution is -2.45. The maximum atomic E-state index is 12.4. The van der Waals surface area contributed by atoms with Crippen molar-refractivity contribution in [1.29, 1.82) is 0 Å². The van der Waals surface area contributed by atoms with E-state index >= 15 is 0 Å². The molecule has 1 aromatic carbocycles. The van der Waals surface area contributed by atoms with Crippen molar-refractivity contribution >= 4 is 23.2 Å². The zero-order chi connectivity index (χ0) is 22.6. The van der Waals surface area contributed by atoms with Crippen LogP contribution < -0.4 is 19.7 Å². The first-order valence-electron chi connectivity index (χ1n) is 8.76. The summed E-state index contributed by atoms with van der Waals surface area (Å²) in [6.45, 7) is -2.57. The van der Waals surface area contributed by atoms with Crippen molar-refractivity contribution in [3.63, 3.8) is 0 Å². The number of aromatic nitrogens is 1. The molecule has 10 nitrogen and oxygen atoms in total. The van der Waals surface area contributed by atoms with E-state index in [4.69, 9.17) is 4.74 Å². The highest BCUT2D eigenvalue weighted by molar-refractivity contribution is 6.02. The van der Waals surface area contributed by atoms with Crippen LogP contribution in [0, 0.1) is 10.1 Å². The zero-order valence-electron chi connectivity index (χ0n) is 15.7. The summed E-state index contributed by atoms with van der Waals surface area (Å²) in [6.07, 6.45) is -3.31. The Balaban J connectivity index is 1.68. The molecule has 0 atom stereocenters. The Bertz CT molecular complexity index is 1010. The number of fused-ring (bicyclic) bond motifs is 1. The van der Waals surface area contributed by atoms with Gasteiger partial charge in [0.1, 0.15) is 12.3 Å². The van der Waals surface area contributed by atoms with Crippen LogP contribution in [0.1, 0.15) is 5.56 Å². The summed E-state index contributed by atoms with van der Waals surface area (Å²) in [5.41, 5.74) is -0.0232. The molecule has 0 saturated heterocycles. The van der Waals surface area contributed by atoms with Gasteiger partial charge in [0, 0.05) is 30.4 Å². The number of halogens is 3. The summed E-state index contributed by atoms with van der Waals surface area (Å²) in [5, 5.41) is 13.5. The van der Waals surface area contributed by atoms with Gasteiger partial charge in [-0.2, -0.15) is 13.2 Å². The minimum absolute atomic E-state index is 0.0659. The SMILES string of the molecule is O=C(CN1C(=O)COc2ccc([N+](=O)[O-])cc21)NCc1cccnc1OCC(F)(F)F. The fourth-order valence-corrected chi connectivity index (χ4v) is 2.71. The number of hydrogen-bond donors (Lipinski definition) is 1. The summed E-state index contributed by atoms with van der Waals surface area (Å²) in [5.74, 6) is -1.33. The average Bonchev–Trinajstić information content (AvgIpc) is 2.72. The first kappa shape index (κ1) is 21.8. The number of pyridine rings is 1. The van der Waals surface area contributed by atoms with Crippen LogP contribution >= 0.6 is 0 Å². The molecule has 1 aromatic heterocycles. The summed E-state index contributed by atoms with van der Waals surface area (Å²) >= 11 is 0. The third-order valence-electron chi connectivity index (χ3n) is 4.10. The predicted octanol–water partition coefficient (Wildman–Crippen LogP) is 1.97. The number of alkyl halides is 3. The number of anilines is 1. The van der Waals surface area contributed by atoms with Crippen LogP contribution in [0.2, 0.25) is 0 Å². The van der Waals surface area contributed by atoms with Crippen LogP contribution in [0.3, 0.4) is 0 Å². The molecular formula is C18H15F3N4O6. The van der Waals surface area contributed by atoms with Gasteiger partial charge in [0.15, 0.2) is 13.2 Å². The second-order valence-corrected chi connectivity index (χ2v) is 6.33. The molecular weight excluding hydrogens is 425 g/mol. The van der Waals surface area contributed by atoms with E-state index in [1.165, 1.54) is 30.5 Å². The second-order valence-electron chi connectivity index (χ2n) is 6.33. The lowest BCUT2D eigenvalue weighted by atomic mass is 10.2. The topological polar surface area (TPSA) is 124 Å². The van der Waals surface area contributed by atoms with Gasteiger partial charge in [0.25, 0.3) is 11.6 Å². The van der Waals surface area contributed by atoms with Crippen molar-refractivity contribution in [2.24, 2.45) is 0 Å².